The number of hydrogen-bond donors (Lipinski definition) is 3. The second kappa shape index (κ2) is 11.1. The molecule has 1 saturated carbocycles. The molecule has 1 heterocycles. The first-order valence-electron chi connectivity index (χ1n) is 12.0. The van der Waals surface area contributed by atoms with E-state index >= 15 is 0 Å². The van der Waals surface area contributed by atoms with Gasteiger partial charge in [0.25, 0.3) is 0 Å². The number of nitrogens with two attached hydrogens (primary N) is 2. The Morgan fingerprint density at radius 2 is 2.00 bits per heavy atom. The molecule has 0 amide bonds. The monoisotopic (exact) mass is 457 g/mol. The molecule has 1 fully saturated rings. The molecule has 0 radical (unpaired) electrons. The normalized spacial score (nSPS) is 13.7. The smallest absolute Gasteiger partial charge is 0.130 e. The van der Waals surface area contributed by atoms with E-state index in [9.17, 15) is 0 Å². The number of pyridine rings is 1. The summed E-state index contributed by atoms with van der Waals surface area (Å²) in [6.07, 6.45) is 7.88. The first-order valence-corrected chi connectivity index (χ1v) is 12.0. The first-order chi connectivity index (χ1) is 16.5. The Bertz CT molecular complexity index is 1110. The van der Waals surface area contributed by atoms with Crippen molar-refractivity contribution in [3.63, 3.8) is 0 Å². The lowest BCUT2D eigenvalue weighted by Crippen LogP contribution is -2.26. The summed E-state index contributed by atoms with van der Waals surface area (Å²) < 4.78 is 6.01. The zero-order valence-corrected chi connectivity index (χ0v) is 20.1. The van der Waals surface area contributed by atoms with Crippen LogP contribution >= 0.6 is 0 Å². The number of ether oxygens (including phenoxy) is 1. The van der Waals surface area contributed by atoms with Crippen molar-refractivity contribution in [2.45, 2.75) is 52.1 Å². The van der Waals surface area contributed by atoms with Gasteiger partial charge in [-0.15, -0.1) is 0 Å². The number of rotatable bonds is 11. The minimum absolute atomic E-state index is 0.458. The van der Waals surface area contributed by atoms with Gasteiger partial charge in [0.1, 0.15) is 12.4 Å². The van der Waals surface area contributed by atoms with Crippen LogP contribution in [0.2, 0.25) is 0 Å². The lowest BCUT2D eigenvalue weighted by Gasteiger charge is -2.18. The summed E-state index contributed by atoms with van der Waals surface area (Å²) in [5.74, 6) is 8.32. The van der Waals surface area contributed by atoms with Crippen molar-refractivity contribution < 1.29 is 4.74 Å². The van der Waals surface area contributed by atoms with Crippen LogP contribution in [0.3, 0.4) is 0 Å². The zero-order chi connectivity index (χ0) is 23.9. The Morgan fingerprint density at radius 3 is 2.74 bits per heavy atom. The maximum absolute atomic E-state index is 6.28. The highest BCUT2D eigenvalue weighted by Gasteiger charge is 2.26. The van der Waals surface area contributed by atoms with E-state index in [1.165, 1.54) is 18.4 Å². The molecule has 1 aromatic heterocycles. The summed E-state index contributed by atoms with van der Waals surface area (Å²) in [5, 5.41) is 5.18. The Morgan fingerprint density at radius 1 is 1.15 bits per heavy atom. The largest absolute Gasteiger partial charge is 0.487 e. The SMILES string of the molecule is CC(C)CC/C(N)=C/N(N)c1cccc(Nc2ccc(OCc3ccccn3)cc2C2CC2)c1. The quantitative estimate of drug-likeness (QED) is 0.235. The number of hydrogen-bond acceptors (Lipinski definition) is 6. The van der Waals surface area contributed by atoms with Crippen molar-refractivity contribution in [2.75, 3.05) is 10.3 Å². The number of aromatic nitrogens is 1. The third-order valence-electron chi connectivity index (χ3n) is 5.89. The molecule has 0 bridgehead atoms. The van der Waals surface area contributed by atoms with Crippen LogP contribution in [-0.4, -0.2) is 4.98 Å². The minimum atomic E-state index is 0.458. The third-order valence-corrected chi connectivity index (χ3v) is 5.89. The highest BCUT2D eigenvalue weighted by molar-refractivity contribution is 5.69. The van der Waals surface area contributed by atoms with Crippen LogP contribution in [-0.2, 0) is 6.61 Å². The van der Waals surface area contributed by atoms with Crippen LogP contribution in [0.1, 0.15) is 56.7 Å². The van der Waals surface area contributed by atoms with E-state index in [-0.39, 0.29) is 0 Å². The molecule has 0 aliphatic heterocycles. The molecule has 1 aliphatic rings. The Hall–Kier alpha value is -3.51. The average Bonchev–Trinajstić information content (AvgIpc) is 3.68. The molecular formula is C28H35N5O. The summed E-state index contributed by atoms with van der Waals surface area (Å²) >= 11 is 0. The Kier molecular flexibility index (Phi) is 7.70. The summed E-state index contributed by atoms with van der Waals surface area (Å²) in [7, 11) is 0. The van der Waals surface area contributed by atoms with Crippen molar-refractivity contribution >= 4 is 17.1 Å². The summed E-state index contributed by atoms with van der Waals surface area (Å²) in [4.78, 5) is 4.33. The van der Waals surface area contributed by atoms with E-state index < -0.39 is 0 Å². The molecular weight excluding hydrogens is 422 g/mol. The van der Waals surface area contributed by atoms with Crippen LogP contribution in [0.4, 0.5) is 17.1 Å². The van der Waals surface area contributed by atoms with Gasteiger partial charge in [0.15, 0.2) is 0 Å². The van der Waals surface area contributed by atoms with Gasteiger partial charge in [-0.2, -0.15) is 0 Å². The molecule has 1 aliphatic carbocycles. The predicted molar refractivity (Wildman–Crippen MR) is 140 cm³/mol. The van der Waals surface area contributed by atoms with Crippen LogP contribution in [0.25, 0.3) is 0 Å². The van der Waals surface area contributed by atoms with Gasteiger partial charge in [0.05, 0.1) is 11.4 Å². The number of anilines is 3. The minimum Gasteiger partial charge on any atom is -0.487 e. The van der Waals surface area contributed by atoms with Gasteiger partial charge in [-0.25, -0.2) is 5.84 Å². The molecule has 5 N–H and O–H groups in total. The van der Waals surface area contributed by atoms with E-state index in [0.29, 0.717) is 18.4 Å². The van der Waals surface area contributed by atoms with Crippen molar-refractivity contribution in [1.29, 1.82) is 0 Å². The highest BCUT2D eigenvalue weighted by Crippen LogP contribution is 2.45. The molecule has 34 heavy (non-hydrogen) atoms. The number of hydrazine groups is 1. The van der Waals surface area contributed by atoms with Gasteiger partial charge in [-0.05, 0) is 91.6 Å². The Labute approximate surface area is 202 Å². The van der Waals surface area contributed by atoms with E-state index in [4.69, 9.17) is 16.3 Å². The van der Waals surface area contributed by atoms with E-state index in [1.807, 2.05) is 54.7 Å². The summed E-state index contributed by atoms with van der Waals surface area (Å²) in [6.45, 7) is 4.84. The zero-order valence-electron chi connectivity index (χ0n) is 20.1. The van der Waals surface area contributed by atoms with Gasteiger partial charge < -0.3 is 15.8 Å². The predicted octanol–water partition coefficient (Wildman–Crippen LogP) is 6.20. The standard InChI is InChI=1S/C28H35N5O/c1-20(2)9-12-22(29)18-33(30)25-8-5-7-23(16-25)32-28-14-13-26(17-27(28)21-10-11-21)34-19-24-6-3-4-15-31-24/h3-8,13-18,20-21,32H,9-12,19,29-30H2,1-2H3/b22-18-. The van der Waals surface area contributed by atoms with Gasteiger partial charge >= 0.3 is 0 Å². The van der Waals surface area contributed by atoms with Gasteiger partial charge in [-0.3, -0.25) is 9.99 Å². The second-order valence-electron chi connectivity index (χ2n) is 9.35. The van der Waals surface area contributed by atoms with E-state index in [0.717, 1.165) is 47.0 Å². The van der Waals surface area contributed by atoms with E-state index in [1.54, 1.807) is 11.2 Å². The second-order valence-corrected chi connectivity index (χ2v) is 9.35. The number of nitrogens with one attached hydrogen (secondary N) is 1. The topological polar surface area (TPSA) is 89.4 Å². The third kappa shape index (κ3) is 6.75. The molecule has 178 valence electrons. The highest BCUT2D eigenvalue weighted by atomic mass is 16.5. The number of benzene rings is 2. The van der Waals surface area contributed by atoms with Crippen molar-refractivity contribution in [2.24, 2.45) is 17.5 Å². The summed E-state index contributed by atoms with van der Waals surface area (Å²) in [5.41, 5.74) is 12.1. The van der Waals surface area contributed by atoms with E-state index in [2.05, 4.69) is 36.3 Å². The fourth-order valence-electron chi connectivity index (χ4n) is 3.79. The molecule has 0 atom stereocenters. The molecule has 0 saturated heterocycles. The van der Waals surface area contributed by atoms with Gasteiger partial charge in [-0.1, -0.05) is 26.0 Å². The molecule has 0 spiro atoms. The summed E-state index contributed by atoms with van der Waals surface area (Å²) in [6, 6.07) is 20.2. The first kappa shape index (κ1) is 23.6. The lowest BCUT2D eigenvalue weighted by molar-refractivity contribution is 0.301. The fourth-order valence-corrected chi connectivity index (χ4v) is 3.79. The van der Waals surface area contributed by atoms with Gasteiger partial charge in [0, 0.05) is 29.5 Å². The molecule has 0 unspecified atom stereocenters. The Balaban J connectivity index is 1.45. The fraction of sp³-hybridized carbons (Fsp3) is 0.321. The lowest BCUT2D eigenvalue weighted by atomic mass is 10.1. The van der Waals surface area contributed by atoms with Crippen LogP contribution in [0, 0.1) is 5.92 Å². The molecule has 3 aromatic rings. The van der Waals surface area contributed by atoms with Crippen LogP contribution in [0.5, 0.6) is 5.75 Å². The van der Waals surface area contributed by atoms with Crippen LogP contribution in [0.15, 0.2) is 78.8 Å². The van der Waals surface area contributed by atoms with Gasteiger partial charge in [0.2, 0.25) is 0 Å². The molecule has 6 heteroatoms. The van der Waals surface area contributed by atoms with Crippen molar-refractivity contribution in [1.82, 2.24) is 4.98 Å². The average molecular weight is 458 g/mol. The molecule has 6 nitrogen and oxygen atoms in total. The molecule has 2 aromatic carbocycles. The van der Waals surface area contributed by atoms with Crippen LogP contribution < -0.4 is 26.6 Å². The molecule has 4 rings (SSSR count). The van der Waals surface area contributed by atoms with Crippen molar-refractivity contribution in [3.8, 4) is 5.75 Å². The van der Waals surface area contributed by atoms with Crippen molar-refractivity contribution in [3.05, 3.63) is 90.0 Å². The number of allylic oxidation sites excluding steroid dienone is 1. The number of nitrogens with zero attached hydrogens (tertiary/aromatic N) is 2. The maximum Gasteiger partial charge on any atom is 0.130 e. The maximum atomic E-state index is 6.28.